The van der Waals surface area contributed by atoms with Crippen LogP contribution in [0.25, 0.3) is 0 Å². The van der Waals surface area contributed by atoms with Crippen LogP contribution in [0, 0.1) is 11.7 Å². The maximum Gasteiger partial charge on any atom is 0.138 e. The molecule has 1 N–H and O–H groups in total. The summed E-state index contributed by atoms with van der Waals surface area (Å²) in [6.07, 6.45) is -0.160. The van der Waals surface area contributed by atoms with Crippen LogP contribution in [0.3, 0.4) is 0 Å². The van der Waals surface area contributed by atoms with Gasteiger partial charge in [0.1, 0.15) is 17.7 Å². The Morgan fingerprint density at radius 1 is 1.32 bits per heavy atom. The van der Waals surface area contributed by atoms with Gasteiger partial charge in [0.25, 0.3) is 0 Å². The van der Waals surface area contributed by atoms with Gasteiger partial charge < -0.3 is 14.8 Å². The Bertz CT molecular complexity index is 388. The van der Waals surface area contributed by atoms with Crippen LogP contribution < -0.4 is 10.1 Å². The molecule has 0 heterocycles. The van der Waals surface area contributed by atoms with Crippen molar-refractivity contribution in [2.75, 3.05) is 26.8 Å². The Morgan fingerprint density at radius 3 is 2.63 bits per heavy atom. The van der Waals surface area contributed by atoms with Gasteiger partial charge in [-0.1, -0.05) is 25.4 Å². The summed E-state index contributed by atoms with van der Waals surface area (Å²) in [5, 5.41) is 3.57. The second-order valence-electron chi connectivity index (χ2n) is 4.82. The molecule has 19 heavy (non-hydrogen) atoms. The van der Waals surface area contributed by atoms with E-state index >= 15 is 0 Å². The van der Waals surface area contributed by atoms with Crippen LogP contribution in [-0.2, 0) is 4.74 Å². The highest BCUT2D eigenvalue weighted by molar-refractivity contribution is 6.32. The summed E-state index contributed by atoms with van der Waals surface area (Å²) in [7, 11) is 1.62. The summed E-state index contributed by atoms with van der Waals surface area (Å²) < 4.78 is 23.8. The molecule has 5 heteroatoms. The van der Waals surface area contributed by atoms with Gasteiger partial charge in [0, 0.05) is 13.7 Å². The molecule has 1 aromatic rings. The van der Waals surface area contributed by atoms with E-state index in [4.69, 9.17) is 21.1 Å². The van der Waals surface area contributed by atoms with Crippen LogP contribution in [0.1, 0.15) is 13.8 Å². The van der Waals surface area contributed by atoms with Gasteiger partial charge in [-0.3, -0.25) is 0 Å². The van der Waals surface area contributed by atoms with Gasteiger partial charge in [-0.2, -0.15) is 0 Å². The third kappa shape index (κ3) is 6.23. The molecule has 0 amide bonds. The molecule has 1 aromatic carbocycles. The number of hydrogen-bond donors (Lipinski definition) is 1. The third-order valence-corrected chi connectivity index (χ3v) is 2.76. The lowest BCUT2D eigenvalue weighted by Crippen LogP contribution is -2.36. The Morgan fingerprint density at radius 2 is 2.05 bits per heavy atom. The molecule has 0 aliphatic rings. The van der Waals surface area contributed by atoms with Crippen molar-refractivity contribution < 1.29 is 13.9 Å². The molecule has 0 spiro atoms. The number of rotatable bonds is 8. The van der Waals surface area contributed by atoms with Crippen LogP contribution in [0.5, 0.6) is 5.75 Å². The van der Waals surface area contributed by atoms with Crippen LogP contribution in [0.2, 0.25) is 5.02 Å². The topological polar surface area (TPSA) is 30.5 Å². The lowest BCUT2D eigenvalue weighted by Gasteiger charge is -2.20. The number of nitrogens with one attached hydrogen (secondary N) is 1. The summed E-state index contributed by atoms with van der Waals surface area (Å²) in [5.74, 6) is 0.660. The molecule has 0 saturated carbocycles. The van der Waals surface area contributed by atoms with Crippen molar-refractivity contribution in [2.45, 2.75) is 20.0 Å². The van der Waals surface area contributed by atoms with Crippen molar-refractivity contribution in [2.24, 2.45) is 5.92 Å². The minimum atomic E-state index is -0.376. The highest BCUT2D eigenvalue weighted by atomic mass is 35.5. The van der Waals surface area contributed by atoms with Gasteiger partial charge >= 0.3 is 0 Å². The molecule has 1 atom stereocenters. The first-order chi connectivity index (χ1) is 9.02. The lowest BCUT2D eigenvalue weighted by molar-refractivity contribution is 0.0802. The first-order valence-electron chi connectivity index (χ1n) is 6.34. The molecule has 0 bridgehead atoms. The molecule has 0 aliphatic heterocycles. The van der Waals surface area contributed by atoms with Gasteiger partial charge in [0.2, 0.25) is 0 Å². The standard InChI is InChI=1S/C14H21ClFNO2/c1-10(2)7-17-8-12(9-18-3)19-14-5-4-11(16)6-13(14)15/h4-6,10,12,17H,7-9H2,1-3H3. The number of ether oxygens (including phenoxy) is 2. The molecule has 0 aliphatic carbocycles. The molecule has 1 unspecified atom stereocenters. The first kappa shape index (κ1) is 16.2. The van der Waals surface area contributed by atoms with Crippen molar-refractivity contribution in [3.05, 3.63) is 29.0 Å². The zero-order valence-electron chi connectivity index (χ0n) is 11.6. The highest BCUT2D eigenvalue weighted by Crippen LogP contribution is 2.25. The Labute approximate surface area is 119 Å². The van der Waals surface area contributed by atoms with E-state index in [-0.39, 0.29) is 16.9 Å². The van der Waals surface area contributed by atoms with E-state index in [2.05, 4.69) is 19.2 Å². The van der Waals surface area contributed by atoms with E-state index in [0.29, 0.717) is 24.8 Å². The SMILES string of the molecule is COCC(CNCC(C)C)Oc1ccc(F)cc1Cl. The molecule has 1 rings (SSSR count). The number of halogens is 2. The van der Waals surface area contributed by atoms with Crippen molar-refractivity contribution in [3.8, 4) is 5.75 Å². The van der Waals surface area contributed by atoms with Gasteiger partial charge in [-0.25, -0.2) is 4.39 Å². The lowest BCUT2D eigenvalue weighted by atomic mass is 10.2. The summed E-state index contributed by atoms with van der Waals surface area (Å²) in [6.45, 7) is 6.27. The van der Waals surface area contributed by atoms with E-state index < -0.39 is 0 Å². The maximum atomic E-state index is 12.9. The number of methoxy groups -OCH3 is 1. The number of benzene rings is 1. The normalized spacial score (nSPS) is 12.7. The molecular weight excluding hydrogens is 269 g/mol. The third-order valence-electron chi connectivity index (χ3n) is 2.46. The quantitative estimate of drug-likeness (QED) is 0.798. The fraction of sp³-hybridized carbons (Fsp3) is 0.571. The van der Waals surface area contributed by atoms with Crippen LogP contribution >= 0.6 is 11.6 Å². The first-order valence-corrected chi connectivity index (χ1v) is 6.72. The van der Waals surface area contributed by atoms with E-state index in [1.54, 1.807) is 7.11 Å². The smallest absolute Gasteiger partial charge is 0.138 e. The van der Waals surface area contributed by atoms with E-state index in [9.17, 15) is 4.39 Å². The van der Waals surface area contributed by atoms with Crippen molar-refractivity contribution >= 4 is 11.6 Å². The van der Waals surface area contributed by atoms with Crippen molar-refractivity contribution in [3.63, 3.8) is 0 Å². The summed E-state index contributed by atoms with van der Waals surface area (Å²) >= 11 is 5.93. The average Bonchev–Trinajstić information content (AvgIpc) is 2.32. The van der Waals surface area contributed by atoms with Gasteiger partial charge in [0.15, 0.2) is 0 Å². The van der Waals surface area contributed by atoms with Crippen LogP contribution in [-0.4, -0.2) is 32.9 Å². The second kappa shape index (κ2) is 8.35. The fourth-order valence-electron chi connectivity index (χ4n) is 1.60. The molecule has 108 valence electrons. The minimum Gasteiger partial charge on any atom is -0.485 e. The largest absolute Gasteiger partial charge is 0.485 e. The maximum absolute atomic E-state index is 12.9. The van der Waals surface area contributed by atoms with Crippen molar-refractivity contribution in [1.29, 1.82) is 0 Å². The Balaban J connectivity index is 2.56. The molecule has 0 aromatic heterocycles. The van der Waals surface area contributed by atoms with Crippen LogP contribution in [0.15, 0.2) is 18.2 Å². The summed E-state index contributed by atoms with van der Waals surface area (Å²) in [5.41, 5.74) is 0. The molecular formula is C14H21ClFNO2. The number of hydrogen-bond acceptors (Lipinski definition) is 3. The average molecular weight is 290 g/mol. The second-order valence-corrected chi connectivity index (χ2v) is 5.23. The zero-order valence-corrected chi connectivity index (χ0v) is 12.3. The fourth-order valence-corrected chi connectivity index (χ4v) is 1.82. The molecule has 0 fully saturated rings. The van der Waals surface area contributed by atoms with Gasteiger partial charge in [-0.15, -0.1) is 0 Å². The van der Waals surface area contributed by atoms with E-state index in [1.165, 1.54) is 18.2 Å². The van der Waals surface area contributed by atoms with Gasteiger partial charge in [-0.05, 0) is 30.7 Å². The molecule has 0 radical (unpaired) electrons. The van der Waals surface area contributed by atoms with E-state index in [1.807, 2.05) is 0 Å². The summed E-state index contributed by atoms with van der Waals surface area (Å²) in [4.78, 5) is 0. The Kier molecular flexibility index (Phi) is 7.13. The Hall–Kier alpha value is -0.840. The predicted octanol–water partition coefficient (Wildman–Crippen LogP) is 3.12. The molecule has 0 saturated heterocycles. The minimum absolute atomic E-state index is 0.160. The zero-order chi connectivity index (χ0) is 14.3. The van der Waals surface area contributed by atoms with E-state index in [0.717, 1.165) is 6.54 Å². The van der Waals surface area contributed by atoms with Gasteiger partial charge in [0.05, 0.1) is 11.6 Å². The monoisotopic (exact) mass is 289 g/mol. The van der Waals surface area contributed by atoms with Crippen LogP contribution in [0.4, 0.5) is 4.39 Å². The molecule has 3 nitrogen and oxygen atoms in total. The van der Waals surface area contributed by atoms with Crippen molar-refractivity contribution in [1.82, 2.24) is 5.32 Å². The summed E-state index contributed by atoms with van der Waals surface area (Å²) in [6, 6.07) is 4.09. The highest BCUT2D eigenvalue weighted by Gasteiger charge is 2.13. The predicted molar refractivity (Wildman–Crippen MR) is 75.4 cm³/mol.